The second-order valence-corrected chi connectivity index (χ2v) is 11.0. The molecule has 0 N–H and O–H groups in total. The van der Waals surface area contributed by atoms with Crippen molar-refractivity contribution in [2.24, 2.45) is 0 Å². The molecule has 3 aliphatic carbocycles. The quantitative estimate of drug-likeness (QED) is 0.503. The molecule has 0 atom stereocenters. The molecule has 0 unspecified atom stereocenters. The van der Waals surface area contributed by atoms with E-state index in [1.807, 2.05) is 0 Å². The average molecular weight is 353 g/mol. The summed E-state index contributed by atoms with van der Waals surface area (Å²) in [4.78, 5) is 0. The van der Waals surface area contributed by atoms with Crippen LogP contribution in [0.3, 0.4) is 0 Å². The third-order valence-corrected chi connectivity index (χ3v) is 10.2. The fourth-order valence-electron chi connectivity index (χ4n) is 5.30. The Morgan fingerprint density at radius 3 is 1.96 bits per heavy atom. The number of allylic oxidation sites excluding steroid dienone is 4. The minimum absolute atomic E-state index is 0.01000. The fraction of sp³-hybridized carbons (Fsp3) is 0.583. The van der Waals surface area contributed by atoms with Crippen LogP contribution in [0.4, 0.5) is 0 Å². The minimum Gasteiger partial charge on any atom is -0.0798 e. The first-order valence-electron chi connectivity index (χ1n) is 10.6. The van der Waals surface area contributed by atoms with E-state index in [0.29, 0.717) is 0 Å². The molecule has 0 bridgehead atoms. The number of hydrogen-bond acceptors (Lipinski definition) is 0. The van der Waals surface area contributed by atoms with Crippen LogP contribution in [0.25, 0.3) is 5.57 Å². The predicted octanol–water partition coefficient (Wildman–Crippen LogP) is 7.19. The summed E-state index contributed by atoms with van der Waals surface area (Å²) < 4.78 is 0. The van der Waals surface area contributed by atoms with E-state index in [9.17, 15) is 0 Å². The molecule has 0 heterocycles. The molecule has 0 nitrogen and oxygen atoms in total. The van der Waals surface area contributed by atoms with E-state index in [0.717, 1.165) is 17.7 Å². The first-order valence-corrected chi connectivity index (χ1v) is 12.1. The standard InChI is InChI=1S/C24H33P/c1-19-11-10-17-22(19)23-16-8-9-18-24(23)25(20-12-4-2-5-13-20)21-14-6-3-7-15-21/h8-11,16,18,20-21H,2-7,12-15,17H2,1H3. The average Bonchev–Trinajstić information content (AvgIpc) is 3.10. The summed E-state index contributed by atoms with van der Waals surface area (Å²) >= 11 is 0. The first-order chi connectivity index (χ1) is 12.3. The third-order valence-electron chi connectivity index (χ3n) is 6.61. The summed E-state index contributed by atoms with van der Waals surface area (Å²) in [6.07, 6.45) is 20.6. The molecule has 0 aromatic heterocycles. The summed E-state index contributed by atoms with van der Waals surface area (Å²) in [7, 11) is -0.01000. The largest absolute Gasteiger partial charge is 0.0798 e. The van der Waals surface area contributed by atoms with Gasteiger partial charge in [0.15, 0.2) is 0 Å². The lowest BCUT2D eigenvalue weighted by atomic mass is 9.99. The maximum Gasteiger partial charge on any atom is -0.00854 e. The molecule has 0 saturated heterocycles. The number of benzene rings is 1. The second kappa shape index (κ2) is 8.22. The lowest BCUT2D eigenvalue weighted by molar-refractivity contribution is 0.487. The molecule has 4 rings (SSSR count). The van der Waals surface area contributed by atoms with E-state index < -0.39 is 0 Å². The van der Waals surface area contributed by atoms with Gasteiger partial charge in [-0.2, -0.15) is 0 Å². The lowest BCUT2D eigenvalue weighted by Gasteiger charge is -2.39. The Hall–Kier alpha value is -0.870. The fourth-order valence-corrected chi connectivity index (χ4v) is 9.27. The van der Waals surface area contributed by atoms with E-state index in [1.165, 1.54) is 69.8 Å². The molecular weight excluding hydrogens is 319 g/mol. The molecule has 3 aliphatic rings. The van der Waals surface area contributed by atoms with Gasteiger partial charge in [0.25, 0.3) is 0 Å². The summed E-state index contributed by atoms with van der Waals surface area (Å²) in [6.45, 7) is 2.30. The minimum atomic E-state index is -0.01000. The van der Waals surface area contributed by atoms with Crippen molar-refractivity contribution in [2.45, 2.75) is 88.9 Å². The molecule has 1 aromatic rings. The Bertz CT molecular complexity index is 624. The number of hydrogen-bond donors (Lipinski definition) is 0. The zero-order valence-corrected chi connectivity index (χ0v) is 16.7. The SMILES string of the molecule is CC1=C(c2ccccc2P(C2CCCCC2)C2CCCCC2)CC=C1. The van der Waals surface area contributed by atoms with Gasteiger partial charge in [-0.05, 0) is 72.4 Å². The molecule has 2 fully saturated rings. The van der Waals surface area contributed by atoms with Crippen molar-refractivity contribution in [3.8, 4) is 0 Å². The van der Waals surface area contributed by atoms with Crippen LogP contribution in [0.15, 0.2) is 42.0 Å². The molecule has 0 spiro atoms. The van der Waals surface area contributed by atoms with E-state index in [1.54, 1.807) is 16.4 Å². The molecule has 134 valence electrons. The Kier molecular flexibility index (Phi) is 5.76. The molecule has 0 amide bonds. The van der Waals surface area contributed by atoms with Crippen LogP contribution in [-0.4, -0.2) is 11.3 Å². The zero-order valence-electron chi connectivity index (χ0n) is 15.8. The molecule has 0 radical (unpaired) electrons. The van der Waals surface area contributed by atoms with Crippen molar-refractivity contribution in [3.05, 3.63) is 47.6 Å². The van der Waals surface area contributed by atoms with Gasteiger partial charge < -0.3 is 0 Å². The van der Waals surface area contributed by atoms with Crippen molar-refractivity contribution < 1.29 is 0 Å². The normalized spacial score (nSPS) is 23.0. The van der Waals surface area contributed by atoms with E-state index in [4.69, 9.17) is 0 Å². The van der Waals surface area contributed by atoms with Gasteiger partial charge in [0, 0.05) is 0 Å². The highest BCUT2D eigenvalue weighted by Crippen LogP contribution is 2.56. The van der Waals surface area contributed by atoms with Crippen molar-refractivity contribution in [1.82, 2.24) is 0 Å². The topological polar surface area (TPSA) is 0 Å². The Morgan fingerprint density at radius 2 is 1.40 bits per heavy atom. The summed E-state index contributed by atoms with van der Waals surface area (Å²) in [6, 6.07) is 9.54. The van der Waals surface area contributed by atoms with Crippen LogP contribution in [0.1, 0.15) is 83.1 Å². The molecule has 1 heteroatoms. The third kappa shape index (κ3) is 3.80. The van der Waals surface area contributed by atoms with Gasteiger partial charge in [0.1, 0.15) is 0 Å². The van der Waals surface area contributed by atoms with Crippen LogP contribution in [-0.2, 0) is 0 Å². The van der Waals surface area contributed by atoms with Gasteiger partial charge in [-0.3, -0.25) is 0 Å². The van der Waals surface area contributed by atoms with Crippen molar-refractivity contribution >= 4 is 18.8 Å². The molecule has 0 aliphatic heterocycles. The molecule has 25 heavy (non-hydrogen) atoms. The van der Waals surface area contributed by atoms with Gasteiger partial charge in [-0.1, -0.05) is 82.9 Å². The van der Waals surface area contributed by atoms with Crippen molar-refractivity contribution in [3.63, 3.8) is 0 Å². The second-order valence-electron chi connectivity index (χ2n) is 8.28. The highest BCUT2D eigenvalue weighted by atomic mass is 31.1. The van der Waals surface area contributed by atoms with E-state index in [2.05, 4.69) is 43.3 Å². The van der Waals surface area contributed by atoms with E-state index >= 15 is 0 Å². The summed E-state index contributed by atoms with van der Waals surface area (Å²) in [5.74, 6) is 0. The van der Waals surface area contributed by atoms with Crippen LogP contribution >= 0.6 is 7.92 Å². The van der Waals surface area contributed by atoms with Gasteiger partial charge in [-0.15, -0.1) is 0 Å². The van der Waals surface area contributed by atoms with Crippen LogP contribution in [0, 0.1) is 0 Å². The molecule has 1 aromatic carbocycles. The Balaban J connectivity index is 1.73. The van der Waals surface area contributed by atoms with Crippen molar-refractivity contribution in [1.29, 1.82) is 0 Å². The summed E-state index contributed by atoms with van der Waals surface area (Å²) in [5, 5.41) is 1.76. The van der Waals surface area contributed by atoms with Gasteiger partial charge in [-0.25, -0.2) is 0 Å². The van der Waals surface area contributed by atoms with E-state index in [-0.39, 0.29) is 7.92 Å². The first kappa shape index (κ1) is 17.5. The van der Waals surface area contributed by atoms with Gasteiger partial charge in [0.05, 0.1) is 0 Å². The van der Waals surface area contributed by atoms with Crippen molar-refractivity contribution in [2.75, 3.05) is 0 Å². The van der Waals surface area contributed by atoms with Crippen LogP contribution < -0.4 is 5.30 Å². The molecule has 2 saturated carbocycles. The smallest absolute Gasteiger partial charge is 0.00854 e. The molecular formula is C24H33P. The van der Waals surface area contributed by atoms with Crippen LogP contribution in [0.5, 0.6) is 0 Å². The highest BCUT2D eigenvalue weighted by Gasteiger charge is 2.33. The monoisotopic (exact) mass is 352 g/mol. The maximum absolute atomic E-state index is 2.52. The summed E-state index contributed by atoms with van der Waals surface area (Å²) in [5.41, 5.74) is 6.68. The predicted molar refractivity (Wildman–Crippen MR) is 113 cm³/mol. The maximum atomic E-state index is 2.52. The Morgan fingerprint density at radius 1 is 0.800 bits per heavy atom. The van der Waals surface area contributed by atoms with Gasteiger partial charge in [0.2, 0.25) is 0 Å². The zero-order chi connectivity index (χ0) is 17.1. The lowest BCUT2D eigenvalue weighted by Crippen LogP contribution is -2.27. The Labute approximate surface area is 155 Å². The van der Waals surface area contributed by atoms with Gasteiger partial charge >= 0.3 is 0 Å². The van der Waals surface area contributed by atoms with Crippen LogP contribution in [0.2, 0.25) is 0 Å². The highest BCUT2D eigenvalue weighted by molar-refractivity contribution is 7.67. The number of rotatable bonds is 4.